The maximum atomic E-state index is 12.4. The molecule has 0 unspecified atom stereocenters. The zero-order valence-corrected chi connectivity index (χ0v) is 14.9. The molecule has 0 saturated heterocycles. The third-order valence-corrected chi connectivity index (χ3v) is 4.40. The van der Waals surface area contributed by atoms with Gasteiger partial charge in [0.05, 0.1) is 10.6 Å². The van der Waals surface area contributed by atoms with Gasteiger partial charge in [0, 0.05) is 16.3 Å². The van der Waals surface area contributed by atoms with Crippen LogP contribution in [0.2, 0.25) is 10.0 Å². The molecule has 3 aromatic carbocycles. The molecule has 0 saturated carbocycles. The molecule has 0 aliphatic heterocycles. The Balaban J connectivity index is 1.64. The van der Waals surface area contributed by atoms with E-state index in [1.54, 1.807) is 54.6 Å². The molecule has 4 nitrogen and oxygen atoms in total. The van der Waals surface area contributed by atoms with Crippen LogP contribution in [0.15, 0.2) is 71.1 Å². The second-order valence-corrected chi connectivity index (χ2v) is 6.49. The van der Waals surface area contributed by atoms with Crippen LogP contribution in [0.25, 0.3) is 22.6 Å². The number of fused-ring (bicyclic) bond motifs is 1. The maximum absolute atomic E-state index is 12.4. The van der Waals surface area contributed by atoms with E-state index in [1.807, 2.05) is 12.1 Å². The highest BCUT2D eigenvalue weighted by molar-refractivity contribution is 6.34. The van der Waals surface area contributed by atoms with E-state index >= 15 is 0 Å². The molecule has 0 aliphatic carbocycles. The monoisotopic (exact) mass is 382 g/mol. The molecule has 0 radical (unpaired) electrons. The standard InChI is InChI=1S/C20H12Cl2N2O2/c21-13-5-3-4-12(10-13)20-24-17-11-14(8-9-18(17)26-20)23-19(25)15-6-1-2-7-16(15)22/h1-11H,(H,23,25). The molecule has 4 aromatic rings. The predicted molar refractivity (Wildman–Crippen MR) is 104 cm³/mol. The lowest BCUT2D eigenvalue weighted by molar-refractivity contribution is 0.102. The number of carbonyl (C=O) groups is 1. The smallest absolute Gasteiger partial charge is 0.257 e. The number of benzene rings is 3. The summed E-state index contributed by atoms with van der Waals surface area (Å²) in [7, 11) is 0. The molecule has 0 atom stereocenters. The Bertz CT molecular complexity index is 1120. The highest BCUT2D eigenvalue weighted by Gasteiger charge is 2.12. The Morgan fingerprint density at radius 1 is 0.962 bits per heavy atom. The molecule has 1 heterocycles. The highest BCUT2D eigenvalue weighted by atomic mass is 35.5. The van der Waals surface area contributed by atoms with Gasteiger partial charge in [-0.05, 0) is 48.5 Å². The predicted octanol–water partition coefficient (Wildman–Crippen LogP) is 6.05. The van der Waals surface area contributed by atoms with Crippen LogP contribution < -0.4 is 5.32 Å². The van der Waals surface area contributed by atoms with E-state index in [4.69, 9.17) is 27.6 Å². The number of amides is 1. The summed E-state index contributed by atoms with van der Waals surface area (Å²) < 4.78 is 5.77. The van der Waals surface area contributed by atoms with Gasteiger partial charge in [0.2, 0.25) is 5.89 Å². The van der Waals surface area contributed by atoms with Crippen molar-refractivity contribution >= 4 is 45.9 Å². The van der Waals surface area contributed by atoms with E-state index in [2.05, 4.69) is 10.3 Å². The van der Waals surface area contributed by atoms with Crippen molar-refractivity contribution in [1.29, 1.82) is 0 Å². The van der Waals surface area contributed by atoms with Crippen LogP contribution in [0, 0.1) is 0 Å². The zero-order chi connectivity index (χ0) is 18.1. The number of halogens is 2. The first-order valence-corrected chi connectivity index (χ1v) is 8.58. The first kappa shape index (κ1) is 16.6. The number of nitrogens with one attached hydrogen (secondary N) is 1. The lowest BCUT2D eigenvalue weighted by atomic mass is 10.2. The number of oxazole rings is 1. The largest absolute Gasteiger partial charge is 0.436 e. The Morgan fingerprint density at radius 3 is 2.62 bits per heavy atom. The maximum Gasteiger partial charge on any atom is 0.257 e. The Morgan fingerprint density at radius 2 is 1.81 bits per heavy atom. The van der Waals surface area contributed by atoms with Crippen LogP contribution in [0.3, 0.4) is 0 Å². The van der Waals surface area contributed by atoms with E-state index < -0.39 is 0 Å². The Labute approximate surface area is 159 Å². The summed E-state index contributed by atoms with van der Waals surface area (Å²) in [5.74, 6) is 0.186. The minimum atomic E-state index is -0.284. The molecular formula is C20H12Cl2N2O2. The number of carbonyl (C=O) groups excluding carboxylic acids is 1. The molecule has 128 valence electrons. The molecule has 0 fully saturated rings. The van der Waals surface area contributed by atoms with Gasteiger partial charge in [-0.1, -0.05) is 41.4 Å². The van der Waals surface area contributed by atoms with Crippen molar-refractivity contribution in [3.63, 3.8) is 0 Å². The van der Waals surface area contributed by atoms with Crippen molar-refractivity contribution in [3.8, 4) is 11.5 Å². The number of aromatic nitrogens is 1. The lowest BCUT2D eigenvalue weighted by Gasteiger charge is -2.06. The Hall–Kier alpha value is -2.82. The number of hydrogen-bond acceptors (Lipinski definition) is 3. The fourth-order valence-corrected chi connectivity index (χ4v) is 3.01. The summed E-state index contributed by atoms with van der Waals surface area (Å²) >= 11 is 12.1. The van der Waals surface area contributed by atoms with E-state index in [0.717, 1.165) is 5.56 Å². The zero-order valence-electron chi connectivity index (χ0n) is 13.4. The lowest BCUT2D eigenvalue weighted by Crippen LogP contribution is -2.12. The second kappa shape index (κ2) is 6.83. The van der Waals surface area contributed by atoms with E-state index in [-0.39, 0.29) is 5.91 Å². The molecule has 0 aliphatic rings. The van der Waals surface area contributed by atoms with Gasteiger partial charge in [-0.3, -0.25) is 4.79 Å². The normalized spacial score (nSPS) is 10.8. The van der Waals surface area contributed by atoms with Gasteiger partial charge in [-0.2, -0.15) is 0 Å². The van der Waals surface area contributed by atoms with Gasteiger partial charge < -0.3 is 9.73 Å². The molecule has 26 heavy (non-hydrogen) atoms. The van der Waals surface area contributed by atoms with Crippen LogP contribution in [0.5, 0.6) is 0 Å². The van der Waals surface area contributed by atoms with Crippen molar-refractivity contribution < 1.29 is 9.21 Å². The summed E-state index contributed by atoms with van der Waals surface area (Å²) in [4.78, 5) is 16.9. The summed E-state index contributed by atoms with van der Waals surface area (Å²) in [6, 6.07) is 19.4. The van der Waals surface area contributed by atoms with E-state index in [0.29, 0.717) is 38.3 Å². The number of rotatable bonds is 3. The van der Waals surface area contributed by atoms with Crippen LogP contribution in [-0.4, -0.2) is 10.9 Å². The summed E-state index contributed by atoms with van der Waals surface area (Å²) in [6.07, 6.45) is 0. The van der Waals surface area contributed by atoms with Crippen molar-refractivity contribution in [1.82, 2.24) is 4.98 Å². The minimum Gasteiger partial charge on any atom is -0.436 e. The molecule has 6 heteroatoms. The van der Waals surface area contributed by atoms with Gasteiger partial charge in [0.25, 0.3) is 5.91 Å². The van der Waals surface area contributed by atoms with Gasteiger partial charge in [0.15, 0.2) is 5.58 Å². The van der Waals surface area contributed by atoms with Gasteiger partial charge in [0.1, 0.15) is 5.52 Å². The van der Waals surface area contributed by atoms with Crippen molar-refractivity contribution in [3.05, 3.63) is 82.3 Å². The fourth-order valence-electron chi connectivity index (χ4n) is 2.59. The van der Waals surface area contributed by atoms with Crippen molar-refractivity contribution in [2.45, 2.75) is 0 Å². The third-order valence-electron chi connectivity index (χ3n) is 3.84. The van der Waals surface area contributed by atoms with Crippen LogP contribution in [-0.2, 0) is 0 Å². The molecule has 1 N–H and O–H groups in total. The molecule has 0 bridgehead atoms. The second-order valence-electron chi connectivity index (χ2n) is 5.65. The average Bonchev–Trinajstić information content (AvgIpc) is 3.05. The molecule has 1 aromatic heterocycles. The molecule has 4 rings (SSSR count). The van der Waals surface area contributed by atoms with Crippen LogP contribution >= 0.6 is 23.2 Å². The van der Waals surface area contributed by atoms with Crippen molar-refractivity contribution in [2.24, 2.45) is 0 Å². The SMILES string of the molecule is O=C(Nc1ccc2oc(-c3cccc(Cl)c3)nc2c1)c1ccccc1Cl. The Kier molecular flexibility index (Phi) is 4.37. The molecule has 1 amide bonds. The topological polar surface area (TPSA) is 55.1 Å². The van der Waals surface area contributed by atoms with Crippen molar-refractivity contribution in [2.75, 3.05) is 5.32 Å². The number of anilines is 1. The van der Waals surface area contributed by atoms with Crippen LogP contribution in [0.1, 0.15) is 10.4 Å². The van der Waals surface area contributed by atoms with Gasteiger partial charge in [-0.25, -0.2) is 4.98 Å². The molecule has 0 spiro atoms. The summed E-state index contributed by atoms with van der Waals surface area (Å²) in [5.41, 5.74) is 3.06. The first-order valence-electron chi connectivity index (χ1n) is 7.82. The van der Waals surface area contributed by atoms with Crippen LogP contribution in [0.4, 0.5) is 5.69 Å². The van der Waals surface area contributed by atoms with E-state index in [9.17, 15) is 4.79 Å². The fraction of sp³-hybridized carbons (Fsp3) is 0. The average molecular weight is 383 g/mol. The first-order chi connectivity index (χ1) is 12.6. The number of hydrogen-bond donors (Lipinski definition) is 1. The van der Waals surface area contributed by atoms with E-state index in [1.165, 1.54) is 0 Å². The van der Waals surface area contributed by atoms with Gasteiger partial charge >= 0.3 is 0 Å². The number of nitrogens with zero attached hydrogens (tertiary/aromatic N) is 1. The minimum absolute atomic E-state index is 0.284. The quantitative estimate of drug-likeness (QED) is 0.468. The summed E-state index contributed by atoms with van der Waals surface area (Å²) in [5, 5.41) is 3.83. The molecular weight excluding hydrogens is 371 g/mol. The third kappa shape index (κ3) is 3.29. The van der Waals surface area contributed by atoms with Gasteiger partial charge in [-0.15, -0.1) is 0 Å². The summed E-state index contributed by atoms with van der Waals surface area (Å²) in [6.45, 7) is 0. The highest BCUT2D eigenvalue weighted by Crippen LogP contribution is 2.28.